The van der Waals surface area contributed by atoms with Crippen molar-refractivity contribution in [2.75, 3.05) is 0 Å². The summed E-state index contributed by atoms with van der Waals surface area (Å²) in [4.78, 5) is 8.33. The fourth-order valence-electron chi connectivity index (χ4n) is 1.30. The molecule has 0 amide bonds. The van der Waals surface area contributed by atoms with Crippen LogP contribution >= 0.6 is 11.8 Å². The molecular weight excluding hydrogens is 240 g/mol. The minimum Gasteiger partial charge on any atom is -0.425 e. The number of nitrogens with zero attached hydrogens (tertiary/aromatic N) is 6. The fraction of sp³-hybridized carbons (Fsp3) is 0.222. The average Bonchev–Trinajstić information content (AvgIpc) is 2.91. The zero-order valence-electron chi connectivity index (χ0n) is 8.94. The summed E-state index contributed by atoms with van der Waals surface area (Å²) in [7, 11) is 0. The standard InChI is InChI=1S/C9H8N6OS/c1-6-12-13-7(16-6)5-17-9-11-8-10-3-2-4-15(8)14-9/h2-4H,5H2,1H3. The quantitative estimate of drug-likeness (QED) is 0.642. The summed E-state index contributed by atoms with van der Waals surface area (Å²) in [6, 6.07) is 1.80. The van der Waals surface area contributed by atoms with Gasteiger partial charge in [-0.1, -0.05) is 11.8 Å². The van der Waals surface area contributed by atoms with E-state index < -0.39 is 0 Å². The van der Waals surface area contributed by atoms with Gasteiger partial charge in [-0.25, -0.2) is 9.50 Å². The molecule has 0 aliphatic heterocycles. The summed E-state index contributed by atoms with van der Waals surface area (Å²) >= 11 is 1.43. The van der Waals surface area contributed by atoms with Crippen LogP contribution in [0, 0.1) is 6.92 Å². The topological polar surface area (TPSA) is 82.0 Å². The highest BCUT2D eigenvalue weighted by Gasteiger charge is 2.08. The van der Waals surface area contributed by atoms with E-state index in [2.05, 4.69) is 25.3 Å². The molecule has 0 unspecified atom stereocenters. The molecule has 0 atom stereocenters. The van der Waals surface area contributed by atoms with Crippen molar-refractivity contribution in [1.29, 1.82) is 0 Å². The van der Waals surface area contributed by atoms with E-state index in [0.29, 0.717) is 28.5 Å². The van der Waals surface area contributed by atoms with Crippen LogP contribution < -0.4 is 0 Å². The SMILES string of the molecule is Cc1nnc(CSc2nc3ncccn3n2)o1. The fourth-order valence-corrected chi connectivity index (χ4v) is 1.96. The van der Waals surface area contributed by atoms with E-state index in [4.69, 9.17) is 4.42 Å². The minimum atomic E-state index is 0.553. The number of rotatable bonds is 3. The van der Waals surface area contributed by atoms with Crippen molar-refractivity contribution in [3.63, 3.8) is 0 Å². The van der Waals surface area contributed by atoms with Crippen molar-refractivity contribution in [3.8, 4) is 0 Å². The van der Waals surface area contributed by atoms with E-state index in [0.717, 1.165) is 0 Å². The van der Waals surface area contributed by atoms with Gasteiger partial charge in [0.1, 0.15) is 0 Å². The Labute approximate surface area is 100 Å². The maximum absolute atomic E-state index is 5.26. The zero-order chi connectivity index (χ0) is 11.7. The molecule has 0 N–H and O–H groups in total. The van der Waals surface area contributed by atoms with Crippen molar-refractivity contribution in [1.82, 2.24) is 29.8 Å². The maximum atomic E-state index is 5.26. The second-order valence-electron chi connectivity index (χ2n) is 3.26. The van der Waals surface area contributed by atoms with Crippen LogP contribution in [0.5, 0.6) is 0 Å². The second-order valence-corrected chi connectivity index (χ2v) is 4.20. The van der Waals surface area contributed by atoms with Crippen LogP contribution in [0.25, 0.3) is 5.78 Å². The van der Waals surface area contributed by atoms with Gasteiger partial charge in [0, 0.05) is 19.3 Å². The van der Waals surface area contributed by atoms with Gasteiger partial charge < -0.3 is 4.42 Å². The summed E-state index contributed by atoms with van der Waals surface area (Å²) < 4.78 is 6.88. The lowest BCUT2D eigenvalue weighted by Crippen LogP contribution is -1.87. The summed E-state index contributed by atoms with van der Waals surface area (Å²) in [5.74, 6) is 2.26. The molecule has 3 aromatic heterocycles. The molecule has 0 spiro atoms. The summed E-state index contributed by atoms with van der Waals surface area (Å²) in [5.41, 5.74) is 0. The molecule has 0 saturated heterocycles. The number of fused-ring (bicyclic) bond motifs is 1. The van der Waals surface area contributed by atoms with Crippen molar-refractivity contribution in [2.24, 2.45) is 0 Å². The van der Waals surface area contributed by atoms with Crippen LogP contribution in [0.15, 0.2) is 28.0 Å². The molecule has 0 aliphatic rings. The van der Waals surface area contributed by atoms with E-state index in [9.17, 15) is 0 Å². The smallest absolute Gasteiger partial charge is 0.253 e. The summed E-state index contributed by atoms with van der Waals surface area (Å²) in [6.07, 6.45) is 3.48. The van der Waals surface area contributed by atoms with E-state index in [1.165, 1.54) is 11.8 Å². The van der Waals surface area contributed by atoms with Gasteiger partial charge in [-0.05, 0) is 6.07 Å². The normalized spacial score (nSPS) is 11.1. The third-order valence-corrected chi connectivity index (χ3v) is 2.81. The van der Waals surface area contributed by atoms with Crippen molar-refractivity contribution < 1.29 is 4.42 Å². The molecule has 0 fully saturated rings. The second kappa shape index (κ2) is 4.13. The Morgan fingerprint density at radius 2 is 2.35 bits per heavy atom. The van der Waals surface area contributed by atoms with Crippen LogP contribution in [0.2, 0.25) is 0 Å². The number of aryl methyl sites for hydroxylation is 1. The average molecular weight is 248 g/mol. The van der Waals surface area contributed by atoms with Gasteiger partial charge in [0.25, 0.3) is 5.78 Å². The third kappa shape index (κ3) is 2.11. The van der Waals surface area contributed by atoms with Gasteiger partial charge in [-0.3, -0.25) is 0 Å². The highest BCUT2D eigenvalue weighted by atomic mass is 32.2. The van der Waals surface area contributed by atoms with Gasteiger partial charge in [-0.15, -0.1) is 15.3 Å². The van der Waals surface area contributed by atoms with Gasteiger partial charge in [0.05, 0.1) is 5.75 Å². The van der Waals surface area contributed by atoms with Gasteiger partial charge >= 0.3 is 0 Å². The predicted octanol–water partition coefficient (Wildman–Crippen LogP) is 1.11. The van der Waals surface area contributed by atoms with Crippen molar-refractivity contribution in [2.45, 2.75) is 17.8 Å². The lowest BCUT2D eigenvalue weighted by atomic mass is 10.7. The van der Waals surface area contributed by atoms with Gasteiger partial charge in [0.2, 0.25) is 16.9 Å². The zero-order valence-corrected chi connectivity index (χ0v) is 9.76. The van der Waals surface area contributed by atoms with Crippen molar-refractivity contribution >= 4 is 17.5 Å². The minimum absolute atomic E-state index is 0.553. The first-order valence-electron chi connectivity index (χ1n) is 4.90. The molecule has 3 heterocycles. The molecule has 8 heteroatoms. The highest BCUT2D eigenvalue weighted by molar-refractivity contribution is 7.98. The van der Waals surface area contributed by atoms with Gasteiger partial charge in [0.15, 0.2) is 0 Å². The lowest BCUT2D eigenvalue weighted by molar-refractivity contribution is 0.485. The molecule has 0 aromatic carbocycles. The Hall–Kier alpha value is -1.96. The largest absolute Gasteiger partial charge is 0.425 e. The first kappa shape index (κ1) is 10.2. The molecule has 0 bridgehead atoms. The number of thioether (sulfide) groups is 1. The highest BCUT2D eigenvalue weighted by Crippen LogP contribution is 2.18. The molecule has 0 aliphatic carbocycles. The number of hydrogen-bond acceptors (Lipinski definition) is 7. The molecular formula is C9H8N6OS. The van der Waals surface area contributed by atoms with E-state index >= 15 is 0 Å². The summed E-state index contributed by atoms with van der Waals surface area (Å²) in [5, 5.41) is 12.5. The Bertz CT molecular complexity index is 615. The Balaban J connectivity index is 1.76. The maximum Gasteiger partial charge on any atom is 0.253 e. The number of aromatic nitrogens is 6. The monoisotopic (exact) mass is 248 g/mol. The molecule has 0 radical (unpaired) electrons. The van der Waals surface area contributed by atoms with Crippen LogP contribution in [0.3, 0.4) is 0 Å². The molecule has 3 aromatic rings. The van der Waals surface area contributed by atoms with Crippen LogP contribution in [-0.4, -0.2) is 29.8 Å². The Kier molecular flexibility index (Phi) is 2.48. The lowest BCUT2D eigenvalue weighted by Gasteiger charge is -1.89. The van der Waals surface area contributed by atoms with Gasteiger partial charge in [-0.2, -0.15) is 4.98 Å². The third-order valence-electron chi connectivity index (χ3n) is 1.99. The van der Waals surface area contributed by atoms with Crippen LogP contribution in [-0.2, 0) is 5.75 Å². The molecule has 17 heavy (non-hydrogen) atoms. The van der Waals surface area contributed by atoms with E-state index in [-0.39, 0.29) is 0 Å². The Morgan fingerprint density at radius 1 is 1.41 bits per heavy atom. The Morgan fingerprint density at radius 3 is 3.12 bits per heavy atom. The van der Waals surface area contributed by atoms with Crippen LogP contribution in [0.1, 0.15) is 11.8 Å². The summed E-state index contributed by atoms with van der Waals surface area (Å²) in [6.45, 7) is 1.76. The van der Waals surface area contributed by atoms with Crippen molar-refractivity contribution in [3.05, 3.63) is 30.2 Å². The molecule has 7 nitrogen and oxygen atoms in total. The molecule has 86 valence electrons. The number of hydrogen-bond donors (Lipinski definition) is 0. The van der Waals surface area contributed by atoms with E-state index in [1.807, 2.05) is 0 Å². The molecule has 3 rings (SSSR count). The first-order chi connectivity index (χ1) is 8.31. The predicted molar refractivity (Wildman–Crippen MR) is 59.4 cm³/mol. The molecule has 0 saturated carbocycles. The van der Waals surface area contributed by atoms with Crippen LogP contribution in [0.4, 0.5) is 0 Å². The first-order valence-corrected chi connectivity index (χ1v) is 5.89. The van der Waals surface area contributed by atoms with E-state index in [1.54, 1.807) is 29.9 Å².